The van der Waals surface area contributed by atoms with Gasteiger partial charge < -0.3 is 29.6 Å². The van der Waals surface area contributed by atoms with Gasteiger partial charge in [-0.2, -0.15) is 0 Å². The quantitative estimate of drug-likeness (QED) is 0.566. The number of furan rings is 1. The van der Waals surface area contributed by atoms with Crippen molar-refractivity contribution in [3.63, 3.8) is 0 Å². The molecular formula is C21H22N2O7. The molecule has 9 heteroatoms. The van der Waals surface area contributed by atoms with Crippen LogP contribution in [0.4, 0.5) is 0 Å². The van der Waals surface area contributed by atoms with Gasteiger partial charge in [0.15, 0.2) is 17.3 Å². The van der Waals surface area contributed by atoms with Gasteiger partial charge in [-0.15, -0.1) is 0 Å². The van der Waals surface area contributed by atoms with Crippen molar-refractivity contribution < 1.29 is 33.4 Å². The number of benzene rings is 1. The highest BCUT2D eigenvalue weighted by Crippen LogP contribution is 2.33. The minimum Gasteiger partial charge on any atom is -0.480 e. The number of fused-ring (bicyclic) bond motifs is 1. The van der Waals surface area contributed by atoms with Crippen molar-refractivity contribution in [2.45, 2.75) is 26.3 Å². The SMILES string of the molecule is CC(C)CC(NC(=O)/C(=C/c1ccc2c(c1)OCO2)NC(=O)c1ccco1)C(=O)O. The van der Waals surface area contributed by atoms with E-state index in [1.165, 1.54) is 18.4 Å². The second-order valence-corrected chi connectivity index (χ2v) is 7.10. The Hall–Kier alpha value is -3.75. The summed E-state index contributed by atoms with van der Waals surface area (Å²) in [6, 6.07) is 6.90. The molecule has 1 aliphatic heterocycles. The average molecular weight is 414 g/mol. The van der Waals surface area contributed by atoms with E-state index in [1.807, 2.05) is 13.8 Å². The largest absolute Gasteiger partial charge is 0.480 e. The van der Waals surface area contributed by atoms with Crippen LogP contribution in [0.1, 0.15) is 36.4 Å². The minimum absolute atomic E-state index is 0.0105. The number of carbonyl (C=O) groups is 3. The Bertz CT molecular complexity index is 964. The number of carboxylic acids is 1. The van der Waals surface area contributed by atoms with Crippen LogP contribution in [0.25, 0.3) is 6.08 Å². The first-order valence-electron chi connectivity index (χ1n) is 9.33. The van der Waals surface area contributed by atoms with Gasteiger partial charge in [0.05, 0.1) is 6.26 Å². The maximum atomic E-state index is 12.8. The molecule has 1 atom stereocenters. The third kappa shape index (κ3) is 5.19. The Kier molecular flexibility index (Phi) is 6.41. The molecule has 30 heavy (non-hydrogen) atoms. The van der Waals surface area contributed by atoms with Gasteiger partial charge in [0.25, 0.3) is 11.8 Å². The zero-order chi connectivity index (χ0) is 21.7. The van der Waals surface area contributed by atoms with Gasteiger partial charge in [0.2, 0.25) is 6.79 Å². The molecule has 1 aliphatic rings. The van der Waals surface area contributed by atoms with E-state index < -0.39 is 23.8 Å². The van der Waals surface area contributed by atoms with Crippen LogP contribution in [0, 0.1) is 5.92 Å². The lowest BCUT2D eigenvalue weighted by Gasteiger charge is -2.18. The summed E-state index contributed by atoms with van der Waals surface area (Å²) in [5.74, 6) is -1.40. The maximum Gasteiger partial charge on any atom is 0.326 e. The van der Waals surface area contributed by atoms with Crippen molar-refractivity contribution in [3.8, 4) is 11.5 Å². The predicted octanol–water partition coefficient (Wildman–Crippen LogP) is 2.39. The van der Waals surface area contributed by atoms with Gasteiger partial charge in [0, 0.05) is 0 Å². The molecule has 1 aromatic carbocycles. The van der Waals surface area contributed by atoms with E-state index in [1.54, 1.807) is 24.3 Å². The Balaban J connectivity index is 1.87. The van der Waals surface area contributed by atoms with Crippen molar-refractivity contribution in [2.24, 2.45) is 5.92 Å². The summed E-state index contributed by atoms with van der Waals surface area (Å²) in [7, 11) is 0. The van der Waals surface area contributed by atoms with E-state index in [2.05, 4.69) is 10.6 Å². The van der Waals surface area contributed by atoms with Crippen LogP contribution < -0.4 is 20.1 Å². The second-order valence-electron chi connectivity index (χ2n) is 7.10. The lowest BCUT2D eigenvalue weighted by molar-refractivity contribution is -0.141. The number of amides is 2. The molecule has 1 unspecified atom stereocenters. The molecule has 0 spiro atoms. The highest BCUT2D eigenvalue weighted by atomic mass is 16.7. The fourth-order valence-corrected chi connectivity index (χ4v) is 2.85. The first kappa shape index (κ1) is 21.0. The van der Waals surface area contributed by atoms with Crippen LogP contribution in [0.15, 0.2) is 46.7 Å². The summed E-state index contributed by atoms with van der Waals surface area (Å²) in [4.78, 5) is 36.8. The molecule has 1 aromatic heterocycles. The molecule has 9 nitrogen and oxygen atoms in total. The van der Waals surface area contributed by atoms with Gasteiger partial charge in [-0.1, -0.05) is 19.9 Å². The van der Waals surface area contributed by atoms with Gasteiger partial charge in [-0.3, -0.25) is 9.59 Å². The molecule has 0 saturated heterocycles. The van der Waals surface area contributed by atoms with Crippen molar-refractivity contribution in [2.75, 3.05) is 6.79 Å². The normalized spacial score (nSPS) is 13.8. The van der Waals surface area contributed by atoms with Gasteiger partial charge in [0.1, 0.15) is 11.7 Å². The van der Waals surface area contributed by atoms with E-state index in [0.29, 0.717) is 17.1 Å². The topological polar surface area (TPSA) is 127 Å². The van der Waals surface area contributed by atoms with Crippen LogP contribution in [0.2, 0.25) is 0 Å². The third-order valence-electron chi connectivity index (χ3n) is 4.26. The Morgan fingerprint density at radius 1 is 1.17 bits per heavy atom. The molecule has 2 aromatic rings. The van der Waals surface area contributed by atoms with Crippen LogP contribution >= 0.6 is 0 Å². The zero-order valence-corrected chi connectivity index (χ0v) is 16.5. The standard InChI is InChI=1S/C21H22N2O7/c1-12(2)8-15(21(26)27)23-19(24)14(22-20(25)17-4-3-7-28-17)9-13-5-6-16-18(10-13)30-11-29-16/h3-7,9-10,12,15H,8,11H2,1-2H3,(H,22,25)(H,23,24)(H,26,27)/b14-9-. The summed E-state index contributed by atoms with van der Waals surface area (Å²) in [5.41, 5.74) is 0.421. The summed E-state index contributed by atoms with van der Waals surface area (Å²) >= 11 is 0. The molecule has 0 radical (unpaired) electrons. The molecule has 2 heterocycles. The van der Waals surface area contributed by atoms with E-state index in [4.69, 9.17) is 13.9 Å². The summed E-state index contributed by atoms with van der Waals surface area (Å²) in [6.45, 7) is 3.80. The number of aliphatic carboxylic acids is 1. The first-order valence-corrected chi connectivity index (χ1v) is 9.33. The van der Waals surface area contributed by atoms with E-state index >= 15 is 0 Å². The fourth-order valence-electron chi connectivity index (χ4n) is 2.85. The molecule has 0 fully saturated rings. The Morgan fingerprint density at radius 3 is 2.60 bits per heavy atom. The molecule has 158 valence electrons. The molecule has 3 rings (SSSR count). The Labute approximate surface area is 172 Å². The monoisotopic (exact) mass is 414 g/mol. The number of nitrogens with one attached hydrogen (secondary N) is 2. The lowest BCUT2D eigenvalue weighted by atomic mass is 10.0. The van der Waals surface area contributed by atoms with Gasteiger partial charge in [-0.25, -0.2) is 4.79 Å². The highest BCUT2D eigenvalue weighted by molar-refractivity contribution is 6.05. The second kappa shape index (κ2) is 9.17. The van der Waals surface area contributed by atoms with E-state index in [9.17, 15) is 19.5 Å². The molecule has 3 N–H and O–H groups in total. The van der Waals surface area contributed by atoms with Gasteiger partial charge in [-0.05, 0) is 48.2 Å². The minimum atomic E-state index is -1.16. The van der Waals surface area contributed by atoms with Crippen LogP contribution in [-0.4, -0.2) is 35.7 Å². The summed E-state index contributed by atoms with van der Waals surface area (Å²) < 4.78 is 15.7. The average Bonchev–Trinajstić information content (AvgIpc) is 3.37. The van der Waals surface area contributed by atoms with Crippen LogP contribution in [-0.2, 0) is 9.59 Å². The number of ether oxygens (including phenoxy) is 2. The zero-order valence-electron chi connectivity index (χ0n) is 16.5. The van der Waals surface area contributed by atoms with Crippen molar-refractivity contribution >= 4 is 23.9 Å². The number of rotatable bonds is 8. The van der Waals surface area contributed by atoms with E-state index in [-0.39, 0.29) is 30.6 Å². The smallest absolute Gasteiger partial charge is 0.326 e. The first-order chi connectivity index (χ1) is 14.3. The van der Waals surface area contributed by atoms with Crippen LogP contribution in [0.3, 0.4) is 0 Å². The van der Waals surface area contributed by atoms with Crippen molar-refractivity contribution in [3.05, 3.63) is 53.6 Å². The lowest BCUT2D eigenvalue weighted by Crippen LogP contribution is -2.44. The van der Waals surface area contributed by atoms with E-state index in [0.717, 1.165) is 0 Å². The van der Waals surface area contributed by atoms with Gasteiger partial charge >= 0.3 is 5.97 Å². The van der Waals surface area contributed by atoms with Crippen molar-refractivity contribution in [1.82, 2.24) is 10.6 Å². The molecule has 0 saturated carbocycles. The maximum absolute atomic E-state index is 12.8. The molecule has 2 amide bonds. The molecule has 0 aliphatic carbocycles. The fraction of sp³-hybridized carbons (Fsp3) is 0.286. The van der Waals surface area contributed by atoms with Crippen molar-refractivity contribution in [1.29, 1.82) is 0 Å². The Morgan fingerprint density at radius 2 is 1.93 bits per heavy atom. The third-order valence-corrected chi connectivity index (χ3v) is 4.26. The highest BCUT2D eigenvalue weighted by Gasteiger charge is 2.24. The summed E-state index contributed by atoms with van der Waals surface area (Å²) in [5, 5.41) is 14.4. The van der Waals surface area contributed by atoms with Crippen LogP contribution in [0.5, 0.6) is 11.5 Å². The number of hydrogen-bond acceptors (Lipinski definition) is 6. The molecule has 0 bridgehead atoms. The number of carboxylic acid groups (broad SMARTS) is 1. The molecular weight excluding hydrogens is 392 g/mol. The number of hydrogen-bond donors (Lipinski definition) is 3. The predicted molar refractivity (Wildman–Crippen MR) is 106 cm³/mol. The summed E-state index contributed by atoms with van der Waals surface area (Å²) in [6.07, 6.45) is 3.00. The number of carbonyl (C=O) groups excluding carboxylic acids is 2.